The van der Waals surface area contributed by atoms with Crippen molar-refractivity contribution in [1.29, 1.82) is 0 Å². The molecule has 2 bridgehead atoms. The van der Waals surface area contributed by atoms with Gasteiger partial charge < -0.3 is 10.1 Å². The Labute approximate surface area is 168 Å². The Balaban J connectivity index is 1.44. The van der Waals surface area contributed by atoms with Crippen LogP contribution in [0.2, 0.25) is 0 Å². The second kappa shape index (κ2) is 6.95. The van der Waals surface area contributed by atoms with Crippen molar-refractivity contribution >= 4 is 28.6 Å². The molecule has 1 fully saturated rings. The maximum absolute atomic E-state index is 12.8. The molecule has 29 heavy (non-hydrogen) atoms. The van der Waals surface area contributed by atoms with Crippen LogP contribution in [0.3, 0.4) is 0 Å². The van der Waals surface area contributed by atoms with E-state index >= 15 is 0 Å². The summed E-state index contributed by atoms with van der Waals surface area (Å²) in [6.07, 6.45) is 3.55. The van der Waals surface area contributed by atoms with Crippen LogP contribution in [0.15, 0.2) is 42.5 Å². The van der Waals surface area contributed by atoms with E-state index in [4.69, 9.17) is 14.7 Å². The topological polar surface area (TPSA) is 81.2 Å². The van der Waals surface area contributed by atoms with Crippen LogP contribution in [0.4, 0.5) is 5.69 Å². The maximum atomic E-state index is 12.8. The Bertz CT molecular complexity index is 1140. The third kappa shape index (κ3) is 3.05. The molecule has 0 aliphatic heterocycles. The number of para-hydroxylation sites is 1. The van der Waals surface area contributed by atoms with Crippen LogP contribution in [0.5, 0.6) is 0 Å². The normalized spacial score (nSPS) is 19.2. The maximum Gasteiger partial charge on any atom is 0.340 e. The van der Waals surface area contributed by atoms with Crippen LogP contribution in [-0.2, 0) is 4.74 Å². The molecule has 2 unspecified atom stereocenters. The van der Waals surface area contributed by atoms with Crippen LogP contribution in [0.1, 0.15) is 70.1 Å². The summed E-state index contributed by atoms with van der Waals surface area (Å²) in [4.78, 5) is 34.6. The largest absolute Gasteiger partial charge is 0.462 e. The Morgan fingerprint density at radius 1 is 1.03 bits per heavy atom. The number of rotatable bonds is 4. The first-order valence-electron chi connectivity index (χ1n) is 10.0. The zero-order valence-electron chi connectivity index (χ0n) is 16.1. The summed E-state index contributed by atoms with van der Waals surface area (Å²) in [6.45, 7) is 2.02. The van der Waals surface area contributed by atoms with E-state index in [0.717, 1.165) is 28.8 Å². The van der Waals surface area contributed by atoms with Gasteiger partial charge in [0, 0.05) is 17.4 Å². The predicted molar refractivity (Wildman–Crippen MR) is 109 cm³/mol. The zero-order chi connectivity index (χ0) is 20.0. The summed E-state index contributed by atoms with van der Waals surface area (Å²) in [6, 6.07) is 12.2. The smallest absolute Gasteiger partial charge is 0.340 e. The van der Waals surface area contributed by atoms with E-state index in [1.807, 2.05) is 6.07 Å². The minimum atomic E-state index is -0.460. The predicted octanol–water partition coefficient (Wildman–Crippen LogP) is 4.42. The highest BCUT2D eigenvalue weighted by Gasteiger charge is 2.39. The highest BCUT2D eigenvalue weighted by atomic mass is 16.5. The molecule has 2 aliphatic rings. The lowest BCUT2D eigenvalue weighted by Crippen LogP contribution is -2.16. The van der Waals surface area contributed by atoms with Crippen molar-refractivity contribution in [3.8, 4) is 0 Å². The molecule has 1 saturated carbocycles. The van der Waals surface area contributed by atoms with Crippen LogP contribution < -0.4 is 5.32 Å². The molecule has 146 valence electrons. The van der Waals surface area contributed by atoms with Crippen molar-refractivity contribution in [2.24, 2.45) is 0 Å². The molecule has 0 spiro atoms. The van der Waals surface area contributed by atoms with Gasteiger partial charge in [-0.25, -0.2) is 14.8 Å². The fraction of sp³-hybridized carbons (Fsp3) is 0.304. The Hall–Kier alpha value is -3.28. The lowest BCUT2D eigenvalue weighted by atomic mass is 10.00. The van der Waals surface area contributed by atoms with E-state index in [2.05, 4.69) is 5.32 Å². The Morgan fingerprint density at radius 2 is 1.76 bits per heavy atom. The zero-order valence-corrected chi connectivity index (χ0v) is 16.1. The first-order valence-corrected chi connectivity index (χ1v) is 10.0. The van der Waals surface area contributed by atoms with E-state index in [1.54, 1.807) is 43.3 Å². The minimum absolute atomic E-state index is 0.274. The van der Waals surface area contributed by atoms with Crippen molar-refractivity contribution in [3.05, 3.63) is 65.0 Å². The van der Waals surface area contributed by atoms with E-state index in [-0.39, 0.29) is 12.5 Å². The SMILES string of the molecule is CCOC(=O)c1ccccc1NC(=O)c1ccc2nc3c(nc2c1)C1CCC3C1. The molecular weight excluding hydrogens is 366 g/mol. The summed E-state index contributed by atoms with van der Waals surface area (Å²) < 4.78 is 5.07. The number of benzene rings is 2. The van der Waals surface area contributed by atoms with Gasteiger partial charge in [0.2, 0.25) is 0 Å². The molecule has 6 nitrogen and oxygen atoms in total. The van der Waals surface area contributed by atoms with Crippen molar-refractivity contribution < 1.29 is 14.3 Å². The van der Waals surface area contributed by atoms with Gasteiger partial charge in [0.05, 0.1) is 40.3 Å². The Morgan fingerprint density at radius 3 is 2.52 bits per heavy atom. The number of fused-ring (bicyclic) bond motifs is 6. The number of ether oxygens (including phenoxy) is 1. The quantitative estimate of drug-likeness (QED) is 0.670. The number of carbonyl (C=O) groups excluding carboxylic acids is 2. The fourth-order valence-electron chi connectivity index (χ4n) is 4.48. The molecule has 1 heterocycles. The number of aromatic nitrogens is 2. The van der Waals surface area contributed by atoms with Gasteiger partial charge in [-0.15, -0.1) is 0 Å². The molecule has 3 aromatic rings. The second-order valence-electron chi connectivity index (χ2n) is 7.62. The van der Waals surface area contributed by atoms with Crippen LogP contribution in [0, 0.1) is 0 Å². The van der Waals surface area contributed by atoms with Crippen LogP contribution >= 0.6 is 0 Å². The van der Waals surface area contributed by atoms with Gasteiger partial charge in [0.25, 0.3) is 5.91 Å². The van der Waals surface area contributed by atoms with E-state index < -0.39 is 5.97 Å². The average Bonchev–Trinajstić information content (AvgIpc) is 3.35. The first kappa shape index (κ1) is 17.8. The third-order valence-electron chi connectivity index (χ3n) is 5.86. The number of nitrogens with one attached hydrogen (secondary N) is 1. The molecule has 0 radical (unpaired) electrons. The van der Waals surface area contributed by atoms with E-state index in [9.17, 15) is 9.59 Å². The number of amides is 1. The molecule has 1 aromatic heterocycles. The highest BCUT2D eigenvalue weighted by molar-refractivity contribution is 6.09. The van der Waals surface area contributed by atoms with Gasteiger partial charge in [-0.3, -0.25) is 4.79 Å². The number of hydrogen-bond donors (Lipinski definition) is 1. The molecule has 6 heteroatoms. The molecule has 2 aromatic carbocycles. The summed E-state index contributed by atoms with van der Waals surface area (Å²) in [5.74, 6) is 0.306. The molecule has 5 rings (SSSR count). The lowest BCUT2D eigenvalue weighted by Gasteiger charge is -2.14. The number of carbonyl (C=O) groups is 2. The molecular formula is C23H21N3O3. The third-order valence-corrected chi connectivity index (χ3v) is 5.86. The highest BCUT2D eigenvalue weighted by Crippen LogP contribution is 2.51. The van der Waals surface area contributed by atoms with E-state index in [1.165, 1.54) is 12.8 Å². The van der Waals surface area contributed by atoms with Gasteiger partial charge in [0.15, 0.2) is 0 Å². The summed E-state index contributed by atoms with van der Waals surface area (Å²) >= 11 is 0. The fourth-order valence-corrected chi connectivity index (χ4v) is 4.48. The molecule has 0 saturated heterocycles. The van der Waals surface area contributed by atoms with E-state index in [0.29, 0.717) is 28.7 Å². The monoisotopic (exact) mass is 387 g/mol. The number of hydrogen-bond acceptors (Lipinski definition) is 5. The molecule has 1 N–H and O–H groups in total. The van der Waals surface area contributed by atoms with Gasteiger partial charge >= 0.3 is 5.97 Å². The van der Waals surface area contributed by atoms with Gasteiger partial charge in [-0.05, 0) is 56.5 Å². The molecule has 2 atom stereocenters. The summed E-state index contributed by atoms with van der Waals surface area (Å²) in [5.41, 5.74) is 5.05. The summed E-state index contributed by atoms with van der Waals surface area (Å²) in [7, 11) is 0. The second-order valence-corrected chi connectivity index (χ2v) is 7.62. The van der Waals surface area contributed by atoms with Gasteiger partial charge in [-0.1, -0.05) is 12.1 Å². The molecule has 1 amide bonds. The van der Waals surface area contributed by atoms with Crippen LogP contribution in [-0.4, -0.2) is 28.5 Å². The van der Waals surface area contributed by atoms with Crippen LogP contribution in [0.25, 0.3) is 11.0 Å². The summed E-state index contributed by atoms with van der Waals surface area (Å²) in [5, 5.41) is 2.82. The Kier molecular flexibility index (Phi) is 4.27. The molecule has 2 aliphatic carbocycles. The van der Waals surface area contributed by atoms with Gasteiger partial charge in [0.1, 0.15) is 0 Å². The number of anilines is 1. The number of nitrogens with zero attached hydrogens (tertiary/aromatic N) is 2. The minimum Gasteiger partial charge on any atom is -0.462 e. The van der Waals surface area contributed by atoms with Gasteiger partial charge in [-0.2, -0.15) is 0 Å². The van der Waals surface area contributed by atoms with Crippen molar-refractivity contribution in [2.45, 2.75) is 38.0 Å². The van der Waals surface area contributed by atoms with Crippen molar-refractivity contribution in [3.63, 3.8) is 0 Å². The average molecular weight is 387 g/mol. The number of esters is 1. The standard InChI is InChI=1S/C23H21N3O3/c1-2-29-23(28)16-5-3-4-6-17(16)26-22(27)15-9-10-18-19(12-15)25-21-14-8-7-13(11-14)20(21)24-18/h3-6,9-10,12-14H,2,7-8,11H2,1H3,(H,26,27). The first-order chi connectivity index (χ1) is 14.1. The lowest BCUT2D eigenvalue weighted by molar-refractivity contribution is 0.0527. The van der Waals surface area contributed by atoms with Crippen molar-refractivity contribution in [1.82, 2.24) is 9.97 Å². The van der Waals surface area contributed by atoms with Crippen molar-refractivity contribution in [2.75, 3.05) is 11.9 Å².